The molecule has 3 rings (SSSR count). The number of rotatable bonds is 9. The van der Waals surface area contributed by atoms with Crippen LogP contribution in [0.4, 0.5) is 0 Å². The van der Waals surface area contributed by atoms with Gasteiger partial charge in [-0.2, -0.15) is 0 Å². The highest BCUT2D eigenvalue weighted by atomic mass is 32.2. The predicted molar refractivity (Wildman–Crippen MR) is 116 cm³/mol. The zero-order valence-corrected chi connectivity index (χ0v) is 17.9. The SMILES string of the molecule is Cc1csc(CCCCNC(=O)c2cccc(CS(=O)(=O)c3ccccc3)c2)n1. The van der Waals surface area contributed by atoms with Crippen LogP contribution in [0.25, 0.3) is 0 Å². The maximum atomic E-state index is 12.5. The summed E-state index contributed by atoms with van der Waals surface area (Å²) in [5.74, 6) is -0.320. The standard InChI is InChI=1S/C22H24N2O3S2/c1-17-15-28-21(24-17)12-5-6-13-23-22(25)19-9-7-8-18(14-19)16-29(26,27)20-10-3-2-4-11-20/h2-4,7-11,14-15H,5-6,12-13,16H2,1H3,(H,23,25). The fraction of sp³-hybridized carbons (Fsp3) is 0.273. The van der Waals surface area contributed by atoms with Gasteiger partial charge < -0.3 is 5.32 Å². The van der Waals surface area contributed by atoms with Crippen LogP contribution < -0.4 is 5.32 Å². The molecule has 152 valence electrons. The number of carbonyl (C=O) groups is 1. The summed E-state index contributed by atoms with van der Waals surface area (Å²) in [7, 11) is -3.44. The lowest BCUT2D eigenvalue weighted by Crippen LogP contribution is -2.24. The van der Waals surface area contributed by atoms with Crippen LogP contribution in [0.2, 0.25) is 0 Å². The summed E-state index contributed by atoms with van der Waals surface area (Å²) in [6, 6.07) is 15.1. The molecule has 0 aliphatic carbocycles. The molecule has 1 heterocycles. The molecule has 0 aliphatic rings. The summed E-state index contributed by atoms with van der Waals surface area (Å²) in [5, 5.41) is 6.08. The minimum absolute atomic E-state index is 0.134. The Hall–Kier alpha value is -2.51. The van der Waals surface area contributed by atoms with E-state index in [1.165, 1.54) is 0 Å². The smallest absolute Gasteiger partial charge is 0.251 e. The van der Waals surface area contributed by atoms with Crippen molar-refractivity contribution < 1.29 is 13.2 Å². The van der Waals surface area contributed by atoms with E-state index >= 15 is 0 Å². The maximum absolute atomic E-state index is 12.5. The van der Waals surface area contributed by atoms with Crippen molar-refractivity contribution in [3.63, 3.8) is 0 Å². The monoisotopic (exact) mass is 428 g/mol. The number of hydrogen-bond donors (Lipinski definition) is 1. The van der Waals surface area contributed by atoms with E-state index < -0.39 is 9.84 Å². The van der Waals surface area contributed by atoms with Gasteiger partial charge in [-0.1, -0.05) is 30.3 Å². The van der Waals surface area contributed by atoms with Gasteiger partial charge in [-0.15, -0.1) is 11.3 Å². The Morgan fingerprint density at radius 3 is 2.59 bits per heavy atom. The Kier molecular flexibility index (Phi) is 7.17. The third-order valence-corrected chi connectivity index (χ3v) is 7.15. The van der Waals surface area contributed by atoms with E-state index in [9.17, 15) is 13.2 Å². The van der Waals surface area contributed by atoms with Crippen molar-refractivity contribution in [2.75, 3.05) is 6.54 Å². The maximum Gasteiger partial charge on any atom is 0.251 e. The van der Waals surface area contributed by atoms with E-state index in [1.54, 1.807) is 65.9 Å². The number of thiazole rings is 1. The number of sulfone groups is 1. The van der Waals surface area contributed by atoms with Crippen molar-refractivity contribution in [3.8, 4) is 0 Å². The summed E-state index contributed by atoms with van der Waals surface area (Å²) in [6.45, 7) is 2.56. The lowest BCUT2D eigenvalue weighted by molar-refractivity contribution is 0.0953. The number of amides is 1. The third-order valence-electron chi connectivity index (χ3n) is 4.42. The Labute approximate surface area is 175 Å². The largest absolute Gasteiger partial charge is 0.352 e. The normalized spacial score (nSPS) is 11.3. The number of nitrogens with one attached hydrogen (secondary N) is 1. The zero-order valence-electron chi connectivity index (χ0n) is 16.3. The van der Waals surface area contributed by atoms with Gasteiger partial charge in [0.15, 0.2) is 9.84 Å². The van der Waals surface area contributed by atoms with Crippen LogP contribution in [-0.4, -0.2) is 25.9 Å². The molecule has 0 saturated carbocycles. The van der Waals surface area contributed by atoms with Crippen molar-refractivity contribution in [1.82, 2.24) is 10.3 Å². The first-order chi connectivity index (χ1) is 13.9. The van der Waals surface area contributed by atoms with E-state index in [1.807, 2.05) is 12.3 Å². The van der Waals surface area contributed by atoms with E-state index in [4.69, 9.17) is 0 Å². The number of carbonyl (C=O) groups excluding carboxylic acids is 1. The van der Waals surface area contributed by atoms with E-state index in [-0.39, 0.29) is 16.6 Å². The van der Waals surface area contributed by atoms with Crippen LogP contribution in [0.15, 0.2) is 64.9 Å². The molecule has 0 aliphatic heterocycles. The Bertz CT molecular complexity index is 1060. The van der Waals surface area contributed by atoms with Gasteiger partial charge in [0.2, 0.25) is 0 Å². The number of aryl methyl sites for hydroxylation is 2. The molecule has 0 bridgehead atoms. The van der Waals surface area contributed by atoms with Gasteiger partial charge >= 0.3 is 0 Å². The van der Waals surface area contributed by atoms with Crippen LogP contribution in [-0.2, 0) is 22.0 Å². The first-order valence-electron chi connectivity index (χ1n) is 9.50. The summed E-state index contributed by atoms with van der Waals surface area (Å²) in [6.07, 6.45) is 2.75. The van der Waals surface area contributed by atoms with Crippen LogP contribution in [0.5, 0.6) is 0 Å². The topological polar surface area (TPSA) is 76.1 Å². The molecule has 0 radical (unpaired) electrons. The molecule has 1 amide bonds. The minimum Gasteiger partial charge on any atom is -0.352 e. The number of aromatic nitrogens is 1. The molecule has 3 aromatic rings. The molecular weight excluding hydrogens is 404 g/mol. The highest BCUT2D eigenvalue weighted by Crippen LogP contribution is 2.17. The Morgan fingerprint density at radius 2 is 1.86 bits per heavy atom. The lowest BCUT2D eigenvalue weighted by atomic mass is 10.1. The Morgan fingerprint density at radius 1 is 1.07 bits per heavy atom. The van der Waals surface area contributed by atoms with Crippen LogP contribution >= 0.6 is 11.3 Å². The van der Waals surface area contributed by atoms with Gasteiger partial charge in [0.25, 0.3) is 5.91 Å². The molecule has 0 spiro atoms. The molecule has 0 atom stereocenters. The second kappa shape index (κ2) is 9.80. The predicted octanol–water partition coefficient (Wildman–Crippen LogP) is 4.18. The highest BCUT2D eigenvalue weighted by molar-refractivity contribution is 7.90. The van der Waals surface area contributed by atoms with E-state index in [0.717, 1.165) is 30.0 Å². The average Bonchev–Trinajstić information content (AvgIpc) is 3.13. The number of nitrogens with zero attached hydrogens (tertiary/aromatic N) is 1. The van der Waals surface area contributed by atoms with Crippen molar-refractivity contribution >= 4 is 27.1 Å². The average molecular weight is 429 g/mol. The fourth-order valence-corrected chi connectivity index (χ4v) is 5.13. The van der Waals surface area contributed by atoms with Gasteiger partial charge in [-0.3, -0.25) is 4.79 Å². The number of hydrogen-bond acceptors (Lipinski definition) is 5. The molecule has 2 aromatic carbocycles. The lowest BCUT2D eigenvalue weighted by Gasteiger charge is -2.08. The first kappa shape index (κ1) is 21.2. The van der Waals surface area contributed by atoms with Crippen molar-refractivity contribution in [2.24, 2.45) is 0 Å². The molecule has 0 saturated heterocycles. The molecule has 0 fully saturated rings. The van der Waals surface area contributed by atoms with E-state index in [2.05, 4.69) is 10.3 Å². The molecule has 7 heteroatoms. The minimum atomic E-state index is -3.44. The summed E-state index contributed by atoms with van der Waals surface area (Å²) >= 11 is 1.67. The fourth-order valence-electron chi connectivity index (χ4n) is 2.96. The van der Waals surface area contributed by atoms with Crippen LogP contribution in [0, 0.1) is 6.92 Å². The highest BCUT2D eigenvalue weighted by Gasteiger charge is 2.16. The molecule has 29 heavy (non-hydrogen) atoms. The first-order valence-corrected chi connectivity index (χ1v) is 12.0. The summed E-state index contributed by atoms with van der Waals surface area (Å²) in [5.41, 5.74) is 2.12. The van der Waals surface area contributed by atoms with Gasteiger partial charge in [0.1, 0.15) is 0 Å². The quantitative estimate of drug-likeness (QED) is 0.519. The second-order valence-electron chi connectivity index (χ2n) is 6.87. The molecule has 1 N–H and O–H groups in total. The van der Waals surface area contributed by atoms with Crippen molar-refractivity contribution in [1.29, 1.82) is 0 Å². The second-order valence-corrected chi connectivity index (χ2v) is 9.80. The van der Waals surface area contributed by atoms with Gasteiger partial charge in [-0.25, -0.2) is 13.4 Å². The number of unbranched alkanes of at least 4 members (excludes halogenated alkanes) is 1. The van der Waals surface area contributed by atoms with Crippen molar-refractivity contribution in [2.45, 2.75) is 36.8 Å². The third kappa shape index (κ3) is 6.24. The van der Waals surface area contributed by atoms with Crippen molar-refractivity contribution in [3.05, 3.63) is 81.8 Å². The van der Waals surface area contributed by atoms with Crippen LogP contribution in [0.1, 0.15) is 39.5 Å². The molecule has 0 unspecified atom stereocenters. The molecule has 1 aromatic heterocycles. The van der Waals surface area contributed by atoms with Gasteiger partial charge in [0.05, 0.1) is 15.7 Å². The molecule has 5 nitrogen and oxygen atoms in total. The Balaban J connectivity index is 1.51. The van der Waals surface area contributed by atoms with Gasteiger partial charge in [-0.05, 0) is 56.0 Å². The van der Waals surface area contributed by atoms with E-state index in [0.29, 0.717) is 17.7 Å². The van der Waals surface area contributed by atoms with Gasteiger partial charge in [0, 0.05) is 23.2 Å². The molecular formula is C22H24N2O3S2. The summed E-state index contributed by atoms with van der Waals surface area (Å²) < 4.78 is 25.1. The summed E-state index contributed by atoms with van der Waals surface area (Å²) in [4.78, 5) is 17.1. The zero-order chi connectivity index (χ0) is 20.7. The number of benzene rings is 2. The van der Waals surface area contributed by atoms with Crippen LogP contribution in [0.3, 0.4) is 0 Å².